The van der Waals surface area contributed by atoms with Crippen LogP contribution >= 0.6 is 0 Å². The number of hydrogen-bond donors (Lipinski definition) is 0. The lowest BCUT2D eigenvalue weighted by Gasteiger charge is -2.18. The number of aryl methyl sites for hydroxylation is 1. The molecule has 0 radical (unpaired) electrons. The van der Waals surface area contributed by atoms with Gasteiger partial charge in [0, 0.05) is 5.56 Å². The highest BCUT2D eigenvalue weighted by atomic mass is 15.0. The molecule has 0 N–H and O–H groups in total. The molecule has 0 amide bonds. The van der Waals surface area contributed by atoms with E-state index >= 15 is 0 Å². The summed E-state index contributed by atoms with van der Waals surface area (Å²) in [6.45, 7) is 15.2. The number of nitriles is 1. The quantitative estimate of drug-likeness (QED) is 0.502. The van der Waals surface area contributed by atoms with Crippen molar-refractivity contribution in [1.82, 2.24) is 0 Å². The summed E-state index contributed by atoms with van der Waals surface area (Å²) in [7, 11) is 0. The minimum absolute atomic E-state index is 0.402. The molecule has 0 unspecified atom stereocenters. The molecule has 0 atom stereocenters. The zero-order valence-electron chi connectivity index (χ0n) is 16.8. The van der Waals surface area contributed by atoms with Crippen molar-refractivity contribution >= 4 is 0 Å². The minimum atomic E-state index is 0.402. The van der Waals surface area contributed by atoms with Gasteiger partial charge in [0.1, 0.15) is 6.72 Å². The molecule has 27 heavy (non-hydrogen) atoms. The monoisotopic (exact) mass is 357 g/mol. The van der Waals surface area contributed by atoms with E-state index in [9.17, 15) is 5.26 Å². The molecule has 2 aromatic carbocycles. The van der Waals surface area contributed by atoms with Crippen molar-refractivity contribution in [2.45, 2.75) is 46.5 Å². The highest BCUT2D eigenvalue weighted by Crippen LogP contribution is 2.24. The fraction of sp³-hybridized carbons (Fsp3) is 0.292. The van der Waals surface area contributed by atoms with Crippen LogP contribution < -0.4 is 8.49 Å². The number of hydrogen-bond acceptors (Lipinski definition) is 1. The molecule has 1 aromatic heterocycles. The van der Waals surface area contributed by atoms with E-state index in [0.717, 1.165) is 17.0 Å². The molecule has 0 aliphatic carbocycles. The Kier molecular flexibility index (Phi) is 5.10. The maximum absolute atomic E-state index is 9.36. The lowest BCUT2D eigenvalue weighted by atomic mass is 9.94. The number of rotatable bonds is 3. The van der Waals surface area contributed by atoms with Crippen LogP contribution in [0.2, 0.25) is 0 Å². The van der Waals surface area contributed by atoms with Gasteiger partial charge in [-0.2, -0.15) is 31.9 Å². The molecule has 0 bridgehead atoms. The van der Waals surface area contributed by atoms with Gasteiger partial charge in [-0.1, -0.05) is 70.2 Å². The summed E-state index contributed by atoms with van der Waals surface area (Å²) in [6, 6.07) is 14.6. The highest BCUT2D eigenvalue weighted by Gasteiger charge is 2.18. The first kappa shape index (κ1) is 18.8. The Morgan fingerprint density at radius 2 is 1.70 bits per heavy atom. The van der Waals surface area contributed by atoms with E-state index in [2.05, 4.69) is 76.0 Å². The van der Waals surface area contributed by atoms with Crippen LogP contribution in [0.15, 0.2) is 48.8 Å². The first-order chi connectivity index (χ1) is 12.8. The lowest BCUT2D eigenvalue weighted by molar-refractivity contribution is -0.591. The Balaban J connectivity index is 2.59. The molecule has 1 heterocycles. The molecule has 0 fully saturated rings. The Morgan fingerprint density at radius 3 is 2.26 bits per heavy atom. The molecule has 0 saturated carbocycles. The van der Waals surface area contributed by atoms with Crippen molar-refractivity contribution < 1.29 is 8.49 Å². The smallest absolute Gasteiger partial charge is 0.195 e. The van der Waals surface area contributed by atoms with Gasteiger partial charge >= 0.3 is 5.82 Å². The number of imidazole rings is 1. The fourth-order valence-corrected chi connectivity index (χ4v) is 3.61. The third-order valence-electron chi connectivity index (χ3n) is 5.09. The third kappa shape index (κ3) is 3.36. The largest absolute Gasteiger partial charge is 0.395 e. The molecule has 0 spiro atoms. The minimum Gasteiger partial charge on any atom is -0.195 e. The Bertz CT molecular complexity index is 1140. The Hall–Kier alpha value is -2.99. The summed E-state index contributed by atoms with van der Waals surface area (Å²) >= 11 is 0. The number of para-hydroxylation sites is 1. The maximum atomic E-state index is 9.36. The second-order valence-corrected chi connectivity index (χ2v) is 7.70. The maximum Gasteiger partial charge on any atom is 0.395 e. The van der Waals surface area contributed by atoms with Gasteiger partial charge in [-0.15, -0.1) is 11.1 Å². The first-order valence-corrected chi connectivity index (χ1v) is 9.43. The van der Waals surface area contributed by atoms with Gasteiger partial charge in [0.2, 0.25) is 0 Å². The number of benzene rings is 2. The molecule has 0 saturated heterocycles. The van der Waals surface area contributed by atoms with E-state index in [1.807, 2.05) is 28.6 Å². The summed E-state index contributed by atoms with van der Waals surface area (Å²) < 4.78 is 4.13. The van der Waals surface area contributed by atoms with Crippen LogP contribution in [0, 0.1) is 30.3 Å². The van der Waals surface area contributed by atoms with Crippen molar-refractivity contribution in [1.29, 1.82) is 5.26 Å². The van der Waals surface area contributed by atoms with E-state index in [-0.39, 0.29) is 0 Å². The van der Waals surface area contributed by atoms with Crippen LogP contribution in [0.3, 0.4) is 0 Å². The molecule has 3 aromatic rings. The third-order valence-corrected chi connectivity index (χ3v) is 5.09. The predicted octanol–water partition coefficient (Wildman–Crippen LogP) is 4.51. The molecule has 0 aliphatic rings. The Labute approximate surface area is 161 Å². The van der Waals surface area contributed by atoms with Crippen LogP contribution in [0.1, 0.15) is 61.8 Å². The summed E-state index contributed by atoms with van der Waals surface area (Å²) in [5, 5.41) is 10.6. The fourth-order valence-electron chi connectivity index (χ4n) is 3.61. The van der Waals surface area contributed by atoms with Crippen molar-refractivity contribution in [3.05, 3.63) is 83.1 Å². The number of aromatic nitrogens is 2. The normalized spacial score (nSPS) is 11.2. The molecule has 0 aliphatic heterocycles. The van der Waals surface area contributed by atoms with E-state index in [1.165, 1.54) is 16.5 Å². The van der Waals surface area contributed by atoms with Gasteiger partial charge in [0.25, 0.3) is 0 Å². The molecular weight excluding hydrogens is 330 g/mol. The molecule has 138 valence electrons. The zero-order valence-corrected chi connectivity index (χ0v) is 16.8. The van der Waals surface area contributed by atoms with Crippen molar-refractivity contribution in [2.75, 3.05) is 0 Å². The summed E-state index contributed by atoms with van der Waals surface area (Å²) in [5.74, 6) is 1.79. The van der Waals surface area contributed by atoms with Crippen LogP contribution in [0.5, 0.6) is 0 Å². The predicted molar refractivity (Wildman–Crippen MR) is 107 cm³/mol. The van der Waals surface area contributed by atoms with E-state index in [4.69, 9.17) is 0 Å². The van der Waals surface area contributed by atoms with Gasteiger partial charge in [0.05, 0.1) is 17.0 Å². The van der Waals surface area contributed by atoms with Gasteiger partial charge in [-0.25, -0.2) is 0 Å². The second-order valence-electron chi connectivity index (χ2n) is 7.70. The average Bonchev–Trinajstić information content (AvgIpc) is 3.02. The summed E-state index contributed by atoms with van der Waals surface area (Å²) in [6.07, 6.45) is 4.06. The van der Waals surface area contributed by atoms with Gasteiger partial charge < -0.3 is 0 Å². The van der Waals surface area contributed by atoms with Crippen LogP contribution in [-0.4, -0.2) is 0 Å². The summed E-state index contributed by atoms with van der Waals surface area (Å²) in [4.78, 5) is 0. The van der Waals surface area contributed by atoms with Crippen LogP contribution in [0.4, 0.5) is 0 Å². The average molecular weight is 358 g/mol. The topological polar surface area (TPSA) is 35.6 Å². The van der Waals surface area contributed by atoms with Gasteiger partial charge in [-0.05, 0) is 0 Å². The molecular formula is C24H27N3. The molecule has 3 heteroatoms. The van der Waals surface area contributed by atoms with E-state index < -0.39 is 0 Å². The van der Waals surface area contributed by atoms with E-state index in [1.54, 1.807) is 0 Å². The SMILES string of the molecule is C=[n+]1cc[n+](=c2c(C(C)C)c[cH-]cc2C(C)C)[c-]1-c1cc(C#N)ccc1C. The standard InChI is InChI=1S/C24H27N3/c1-16(2)20-8-7-9-21(17(3)4)23(20)27-13-12-26(6)24(27)22-14-19(15-25)11-10-18(22)5/h7-14,16-17H,6H2,1-5H3. The van der Waals surface area contributed by atoms with Crippen molar-refractivity contribution in [3.8, 4) is 17.5 Å². The van der Waals surface area contributed by atoms with Crippen LogP contribution in [-0.2, 0) is 0 Å². The van der Waals surface area contributed by atoms with Crippen LogP contribution in [0.25, 0.3) is 11.4 Å². The van der Waals surface area contributed by atoms with Crippen molar-refractivity contribution in [2.24, 2.45) is 0 Å². The Morgan fingerprint density at radius 1 is 1.07 bits per heavy atom. The number of nitrogens with zero attached hydrogens (tertiary/aromatic N) is 3. The van der Waals surface area contributed by atoms with Gasteiger partial charge in [0.15, 0.2) is 12.4 Å². The van der Waals surface area contributed by atoms with Crippen molar-refractivity contribution in [3.63, 3.8) is 0 Å². The van der Waals surface area contributed by atoms with E-state index in [0.29, 0.717) is 17.4 Å². The molecule has 3 nitrogen and oxygen atoms in total. The zero-order chi connectivity index (χ0) is 19.7. The lowest BCUT2D eigenvalue weighted by Crippen LogP contribution is -2.28. The van der Waals surface area contributed by atoms with Gasteiger partial charge in [-0.3, -0.25) is 0 Å². The highest BCUT2D eigenvalue weighted by molar-refractivity contribution is 5.58. The summed E-state index contributed by atoms with van der Waals surface area (Å²) in [5.41, 5.74) is 5.44. The first-order valence-electron chi connectivity index (χ1n) is 9.43. The molecule has 3 rings (SSSR count). The second kappa shape index (κ2) is 7.32.